The van der Waals surface area contributed by atoms with Gasteiger partial charge in [0.2, 0.25) is 10.0 Å². The number of aliphatic imine (C=N–C) groups is 1. The van der Waals surface area contributed by atoms with E-state index in [0.717, 1.165) is 29.9 Å². The second-order valence-electron chi connectivity index (χ2n) is 7.10. The van der Waals surface area contributed by atoms with E-state index in [2.05, 4.69) is 29.2 Å². The topological polar surface area (TPSA) is 87.8 Å². The van der Waals surface area contributed by atoms with E-state index in [1.54, 1.807) is 19.2 Å². The second kappa shape index (κ2) is 10.5. The molecule has 0 aromatic heterocycles. The van der Waals surface area contributed by atoms with Crippen LogP contribution < -0.4 is 10.5 Å². The van der Waals surface area contributed by atoms with Crippen molar-refractivity contribution < 1.29 is 8.42 Å². The number of primary sulfonamides is 1. The van der Waals surface area contributed by atoms with Gasteiger partial charge in [0.15, 0.2) is 5.96 Å². The quantitative estimate of drug-likeness (QED) is 0.375. The van der Waals surface area contributed by atoms with Crippen LogP contribution in [0, 0.1) is 11.8 Å². The summed E-state index contributed by atoms with van der Waals surface area (Å²) < 4.78 is 22.6. The van der Waals surface area contributed by atoms with Gasteiger partial charge >= 0.3 is 0 Å². The molecule has 26 heavy (non-hydrogen) atoms. The lowest BCUT2D eigenvalue weighted by Crippen LogP contribution is -2.41. The fourth-order valence-corrected chi connectivity index (χ4v) is 3.86. The van der Waals surface area contributed by atoms with Crippen LogP contribution in [0.1, 0.15) is 38.2 Å². The lowest BCUT2D eigenvalue weighted by atomic mass is 9.83. The molecule has 0 atom stereocenters. The number of guanidine groups is 1. The highest BCUT2D eigenvalue weighted by atomic mass is 127. The van der Waals surface area contributed by atoms with Crippen molar-refractivity contribution in [3.05, 3.63) is 29.8 Å². The molecule has 8 heteroatoms. The molecule has 148 valence electrons. The van der Waals surface area contributed by atoms with E-state index in [9.17, 15) is 8.42 Å². The molecule has 0 aliphatic heterocycles. The van der Waals surface area contributed by atoms with Crippen LogP contribution in [-0.2, 0) is 16.6 Å². The number of nitrogens with one attached hydrogen (secondary N) is 1. The molecule has 1 fully saturated rings. The summed E-state index contributed by atoms with van der Waals surface area (Å²) in [4.78, 5) is 6.66. The predicted molar refractivity (Wildman–Crippen MR) is 117 cm³/mol. The maximum Gasteiger partial charge on any atom is 0.238 e. The number of hydrogen-bond acceptors (Lipinski definition) is 3. The van der Waals surface area contributed by atoms with Crippen molar-refractivity contribution in [3.63, 3.8) is 0 Å². The summed E-state index contributed by atoms with van der Waals surface area (Å²) in [6.45, 7) is 3.93. The Morgan fingerprint density at radius 2 is 1.81 bits per heavy atom. The van der Waals surface area contributed by atoms with Gasteiger partial charge in [-0.2, -0.15) is 0 Å². The normalized spacial score (nSPS) is 21.0. The molecule has 0 saturated heterocycles. The molecular weight excluding hydrogens is 463 g/mol. The molecule has 0 heterocycles. The maximum atomic E-state index is 11.3. The lowest BCUT2D eigenvalue weighted by Gasteiger charge is -2.31. The Morgan fingerprint density at radius 1 is 1.23 bits per heavy atom. The average Bonchev–Trinajstić information content (AvgIpc) is 2.57. The summed E-state index contributed by atoms with van der Waals surface area (Å²) in [5.41, 5.74) is 0.980. The SMILES string of the molecule is CN=C(NCc1ccc(S(N)(=O)=O)cc1)N(C)CC1CCC(C)CC1.I. The molecule has 1 saturated carbocycles. The van der Waals surface area contributed by atoms with E-state index in [0.29, 0.717) is 6.54 Å². The van der Waals surface area contributed by atoms with Crippen molar-refractivity contribution in [1.82, 2.24) is 10.2 Å². The van der Waals surface area contributed by atoms with E-state index in [1.165, 1.54) is 37.8 Å². The van der Waals surface area contributed by atoms with Crippen LogP contribution in [0.5, 0.6) is 0 Å². The standard InChI is InChI=1S/C18H30N4O2S.HI/c1-14-4-6-16(7-5-14)13-22(3)18(20-2)21-12-15-8-10-17(11-9-15)25(19,23)24;/h8-11,14,16H,4-7,12-13H2,1-3H3,(H,20,21)(H2,19,23,24);1H. The largest absolute Gasteiger partial charge is 0.352 e. The van der Waals surface area contributed by atoms with E-state index in [1.807, 2.05) is 0 Å². The van der Waals surface area contributed by atoms with E-state index in [4.69, 9.17) is 5.14 Å². The zero-order valence-electron chi connectivity index (χ0n) is 15.8. The van der Waals surface area contributed by atoms with Crippen LogP contribution in [0.25, 0.3) is 0 Å². The Hall–Kier alpha value is -0.870. The van der Waals surface area contributed by atoms with E-state index in [-0.39, 0.29) is 28.9 Å². The molecule has 0 bridgehead atoms. The van der Waals surface area contributed by atoms with Gasteiger partial charge in [0.25, 0.3) is 0 Å². The Labute approximate surface area is 174 Å². The summed E-state index contributed by atoms with van der Waals surface area (Å²) in [7, 11) is 0.209. The molecule has 2 rings (SSSR count). The molecule has 0 spiro atoms. The lowest BCUT2D eigenvalue weighted by molar-refractivity contribution is 0.250. The third kappa shape index (κ3) is 7.03. The van der Waals surface area contributed by atoms with Gasteiger partial charge in [-0.25, -0.2) is 13.6 Å². The minimum Gasteiger partial charge on any atom is -0.352 e. The van der Waals surface area contributed by atoms with Gasteiger partial charge in [0, 0.05) is 27.2 Å². The first-order chi connectivity index (χ1) is 11.8. The van der Waals surface area contributed by atoms with Crippen LogP contribution in [-0.4, -0.2) is 39.9 Å². The predicted octanol–water partition coefficient (Wildman–Crippen LogP) is 2.79. The summed E-state index contributed by atoms with van der Waals surface area (Å²) >= 11 is 0. The Kier molecular flexibility index (Phi) is 9.32. The first kappa shape index (κ1) is 23.2. The number of halogens is 1. The van der Waals surface area contributed by atoms with Crippen molar-refractivity contribution in [2.45, 2.75) is 44.0 Å². The fraction of sp³-hybridized carbons (Fsp3) is 0.611. The Bertz CT molecular complexity index is 684. The van der Waals surface area contributed by atoms with Gasteiger partial charge in [0.05, 0.1) is 4.90 Å². The minimum atomic E-state index is -3.64. The van der Waals surface area contributed by atoms with E-state index >= 15 is 0 Å². The van der Waals surface area contributed by atoms with Gasteiger partial charge in [0.1, 0.15) is 0 Å². The molecule has 0 unspecified atom stereocenters. The molecule has 6 nitrogen and oxygen atoms in total. The molecule has 0 radical (unpaired) electrons. The molecule has 1 aliphatic rings. The fourth-order valence-electron chi connectivity index (χ4n) is 3.35. The van der Waals surface area contributed by atoms with Gasteiger partial charge in [-0.1, -0.05) is 31.9 Å². The summed E-state index contributed by atoms with van der Waals surface area (Å²) in [6, 6.07) is 6.59. The molecular formula is C18H31IN4O2S. The highest BCUT2D eigenvalue weighted by Gasteiger charge is 2.20. The third-order valence-electron chi connectivity index (χ3n) is 4.94. The van der Waals surface area contributed by atoms with E-state index < -0.39 is 10.0 Å². The van der Waals surface area contributed by atoms with Crippen molar-refractivity contribution in [3.8, 4) is 0 Å². The van der Waals surface area contributed by atoms with Crippen molar-refractivity contribution in [2.24, 2.45) is 22.0 Å². The number of hydrogen-bond donors (Lipinski definition) is 2. The zero-order valence-corrected chi connectivity index (χ0v) is 19.0. The first-order valence-electron chi connectivity index (χ1n) is 8.83. The van der Waals surface area contributed by atoms with Gasteiger partial charge in [-0.3, -0.25) is 4.99 Å². The molecule has 3 N–H and O–H groups in total. The highest BCUT2D eigenvalue weighted by Crippen LogP contribution is 2.28. The maximum absolute atomic E-state index is 11.3. The Balaban J connectivity index is 0.00000338. The van der Waals surface area contributed by atoms with Crippen molar-refractivity contribution >= 4 is 40.0 Å². The highest BCUT2D eigenvalue weighted by molar-refractivity contribution is 14.0. The minimum absolute atomic E-state index is 0. The second-order valence-corrected chi connectivity index (χ2v) is 8.66. The van der Waals surface area contributed by atoms with Gasteiger partial charge in [-0.15, -0.1) is 24.0 Å². The smallest absolute Gasteiger partial charge is 0.238 e. The van der Waals surface area contributed by atoms with Crippen LogP contribution in [0.4, 0.5) is 0 Å². The van der Waals surface area contributed by atoms with Gasteiger partial charge in [-0.05, 0) is 42.4 Å². The van der Waals surface area contributed by atoms with Crippen LogP contribution in [0.2, 0.25) is 0 Å². The van der Waals surface area contributed by atoms with Crippen LogP contribution in [0.15, 0.2) is 34.2 Å². The van der Waals surface area contributed by atoms with Crippen molar-refractivity contribution in [1.29, 1.82) is 0 Å². The molecule has 0 amide bonds. The monoisotopic (exact) mass is 494 g/mol. The van der Waals surface area contributed by atoms with Crippen molar-refractivity contribution in [2.75, 3.05) is 20.6 Å². The zero-order chi connectivity index (χ0) is 18.4. The Morgan fingerprint density at radius 3 is 2.31 bits per heavy atom. The number of sulfonamides is 1. The summed E-state index contributed by atoms with van der Waals surface area (Å²) in [6.07, 6.45) is 5.22. The third-order valence-corrected chi connectivity index (χ3v) is 5.87. The average molecular weight is 494 g/mol. The number of rotatable bonds is 5. The number of nitrogens with two attached hydrogens (primary N) is 1. The summed E-state index contributed by atoms with van der Waals surface area (Å²) in [5, 5.41) is 8.46. The molecule has 1 aliphatic carbocycles. The molecule has 1 aromatic rings. The van der Waals surface area contributed by atoms with Crippen LogP contribution >= 0.6 is 24.0 Å². The van der Waals surface area contributed by atoms with Crippen LogP contribution in [0.3, 0.4) is 0 Å². The summed E-state index contributed by atoms with van der Waals surface area (Å²) in [5.74, 6) is 2.45. The molecule has 1 aromatic carbocycles. The van der Waals surface area contributed by atoms with Gasteiger partial charge < -0.3 is 10.2 Å². The number of benzene rings is 1. The number of nitrogens with zero attached hydrogens (tertiary/aromatic N) is 2. The first-order valence-corrected chi connectivity index (χ1v) is 10.4.